The van der Waals surface area contributed by atoms with E-state index >= 15 is 0 Å². The van der Waals surface area contributed by atoms with E-state index in [0.29, 0.717) is 35.5 Å². The number of ether oxygens (including phenoxy) is 3. The van der Waals surface area contributed by atoms with Crippen molar-refractivity contribution in [3.05, 3.63) is 24.3 Å². The predicted octanol–water partition coefficient (Wildman–Crippen LogP) is 3.23. The van der Waals surface area contributed by atoms with Gasteiger partial charge in [0.2, 0.25) is 14.4 Å². The van der Waals surface area contributed by atoms with Crippen LogP contribution in [0.3, 0.4) is 0 Å². The number of sulfonamides is 1. The number of methoxy groups -OCH3 is 1. The summed E-state index contributed by atoms with van der Waals surface area (Å²) in [7, 11) is -2.01. The molecule has 28 heavy (non-hydrogen) atoms. The van der Waals surface area contributed by atoms with Gasteiger partial charge in [-0.15, -0.1) is 0 Å². The van der Waals surface area contributed by atoms with Crippen LogP contribution in [0.5, 0.6) is 5.75 Å². The summed E-state index contributed by atoms with van der Waals surface area (Å²) in [6.07, 6.45) is 1.71. The molecule has 0 radical (unpaired) electrons. The normalized spacial score (nSPS) is 12.1. The largest absolute Gasteiger partial charge is 0.497 e. The van der Waals surface area contributed by atoms with E-state index in [1.807, 2.05) is 6.92 Å². The molecule has 0 saturated heterocycles. The fraction of sp³-hybridized carbons (Fsp3) is 0.556. The van der Waals surface area contributed by atoms with Crippen LogP contribution in [0.15, 0.2) is 24.3 Å². The minimum atomic E-state index is -3.55. The van der Waals surface area contributed by atoms with Gasteiger partial charge in [-0.2, -0.15) is 0 Å². The minimum Gasteiger partial charge on any atom is -0.497 e. The van der Waals surface area contributed by atoms with Crippen molar-refractivity contribution in [2.24, 2.45) is 0 Å². The van der Waals surface area contributed by atoms with Gasteiger partial charge in [0, 0.05) is 18.2 Å². The first-order valence-corrected chi connectivity index (χ1v) is 12.0. The maximum absolute atomic E-state index is 12.4. The minimum absolute atomic E-state index is 0.141. The Morgan fingerprint density at radius 3 is 2.29 bits per heavy atom. The third-order valence-electron chi connectivity index (χ3n) is 3.63. The number of rotatable bonds is 11. The van der Waals surface area contributed by atoms with Crippen molar-refractivity contribution < 1.29 is 27.4 Å². The van der Waals surface area contributed by atoms with Crippen molar-refractivity contribution in [3.8, 4) is 5.75 Å². The number of carbonyl (C=O) groups is 1. The molecule has 0 aromatic heterocycles. The van der Waals surface area contributed by atoms with Gasteiger partial charge in [-0.3, -0.25) is 9.10 Å². The molecule has 1 aromatic carbocycles. The highest BCUT2D eigenvalue weighted by molar-refractivity contribution is 8.23. The second kappa shape index (κ2) is 12.1. The summed E-state index contributed by atoms with van der Waals surface area (Å²) in [5, 5.41) is -0.278. The van der Waals surface area contributed by atoms with Gasteiger partial charge in [-0.25, -0.2) is 8.42 Å². The highest BCUT2D eigenvalue weighted by atomic mass is 32.2. The molecular weight excluding hydrogens is 422 g/mol. The molecule has 0 fully saturated rings. The Hall–Kier alpha value is -1.52. The lowest BCUT2D eigenvalue weighted by molar-refractivity contribution is -0.143. The summed E-state index contributed by atoms with van der Waals surface area (Å²) in [5.41, 5.74) is 0.507. The van der Waals surface area contributed by atoms with Crippen LogP contribution < -0.4 is 9.04 Å². The van der Waals surface area contributed by atoms with Gasteiger partial charge in [0.15, 0.2) is 0 Å². The second-order valence-electron chi connectivity index (χ2n) is 5.76. The lowest BCUT2D eigenvalue weighted by atomic mass is 10.2. The van der Waals surface area contributed by atoms with E-state index in [-0.39, 0.29) is 24.2 Å². The van der Waals surface area contributed by atoms with Gasteiger partial charge in [0.25, 0.3) is 0 Å². The summed E-state index contributed by atoms with van der Waals surface area (Å²) >= 11 is 6.44. The summed E-state index contributed by atoms with van der Waals surface area (Å²) in [6.45, 7) is 4.42. The molecular formula is C18H27NO6S3. The number of benzene rings is 1. The van der Waals surface area contributed by atoms with Crippen LogP contribution in [0.25, 0.3) is 0 Å². The fourth-order valence-corrected chi connectivity index (χ4v) is 4.85. The van der Waals surface area contributed by atoms with Crippen molar-refractivity contribution in [2.75, 3.05) is 37.4 Å². The molecule has 0 aliphatic carbocycles. The summed E-state index contributed by atoms with van der Waals surface area (Å²) in [4.78, 5) is 11.7. The number of thioether (sulfide) groups is 1. The first-order chi connectivity index (χ1) is 13.2. The Morgan fingerprint density at radius 1 is 1.18 bits per heavy atom. The van der Waals surface area contributed by atoms with E-state index in [0.717, 1.165) is 6.26 Å². The van der Waals surface area contributed by atoms with Crippen molar-refractivity contribution in [2.45, 2.75) is 31.9 Å². The molecule has 0 amide bonds. The number of esters is 1. The maximum atomic E-state index is 12.4. The zero-order valence-electron chi connectivity index (χ0n) is 16.5. The fourth-order valence-electron chi connectivity index (χ4n) is 2.35. The van der Waals surface area contributed by atoms with Crippen molar-refractivity contribution in [1.29, 1.82) is 0 Å². The number of anilines is 1. The lowest BCUT2D eigenvalue weighted by Gasteiger charge is -2.27. The zero-order chi connectivity index (χ0) is 21.2. The zero-order valence-corrected chi connectivity index (χ0v) is 19.0. The van der Waals surface area contributed by atoms with Gasteiger partial charge in [0.1, 0.15) is 5.75 Å². The number of hydrogen-bond acceptors (Lipinski definition) is 8. The first-order valence-electron chi connectivity index (χ1n) is 8.82. The van der Waals surface area contributed by atoms with Gasteiger partial charge in [-0.05, 0) is 56.8 Å². The molecule has 158 valence electrons. The van der Waals surface area contributed by atoms with Gasteiger partial charge < -0.3 is 14.2 Å². The van der Waals surface area contributed by atoms with E-state index in [1.165, 1.54) is 16.1 Å². The number of nitrogens with zero attached hydrogens (tertiary/aromatic N) is 1. The van der Waals surface area contributed by atoms with Crippen LogP contribution >= 0.6 is 24.0 Å². The topological polar surface area (TPSA) is 82.1 Å². The third-order valence-corrected chi connectivity index (χ3v) is 6.23. The average molecular weight is 450 g/mol. The van der Waals surface area contributed by atoms with E-state index in [2.05, 4.69) is 0 Å². The van der Waals surface area contributed by atoms with Crippen LogP contribution in [0, 0.1) is 0 Å². The first kappa shape index (κ1) is 24.5. The quantitative estimate of drug-likeness (QED) is 0.376. The van der Waals surface area contributed by atoms with E-state index in [9.17, 15) is 13.2 Å². The molecule has 1 aromatic rings. The standard InChI is InChI=1S/C18H27NO6S3/c1-5-24-17(20)12-11-16(27-18(26)25-6-2)13-19(28(4,21)22)14-7-9-15(23-3)10-8-14/h7-10,16H,5-6,11-13H2,1-4H3. The highest BCUT2D eigenvalue weighted by Crippen LogP contribution is 2.27. The summed E-state index contributed by atoms with van der Waals surface area (Å²) < 4.78 is 41.8. The lowest BCUT2D eigenvalue weighted by Crippen LogP contribution is -2.36. The molecule has 0 bridgehead atoms. The van der Waals surface area contributed by atoms with E-state index in [4.69, 9.17) is 26.4 Å². The molecule has 1 atom stereocenters. The third kappa shape index (κ3) is 8.66. The van der Waals surface area contributed by atoms with Gasteiger partial charge in [-0.1, -0.05) is 11.8 Å². The second-order valence-corrected chi connectivity index (χ2v) is 9.57. The molecule has 10 heteroatoms. The van der Waals surface area contributed by atoms with Gasteiger partial charge >= 0.3 is 5.97 Å². The van der Waals surface area contributed by atoms with Crippen LogP contribution in [0.2, 0.25) is 0 Å². The molecule has 7 nitrogen and oxygen atoms in total. The molecule has 0 spiro atoms. The molecule has 0 heterocycles. The molecule has 0 aliphatic rings. The Bertz CT molecular complexity index is 736. The smallest absolute Gasteiger partial charge is 0.305 e. The van der Waals surface area contributed by atoms with Crippen LogP contribution in [-0.2, 0) is 24.3 Å². The predicted molar refractivity (Wildman–Crippen MR) is 117 cm³/mol. The molecule has 1 rings (SSSR count). The number of hydrogen-bond donors (Lipinski definition) is 0. The highest BCUT2D eigenvalue weighted by Gasteiger charge is 2.25. The van der Waals surface area contributed by atoms with Gasteiger partial charge in [0.05, 0.1) is 32.3 Å². The Balaban J connectivity index is 3.02. The van der Waals surface area contributed by atoms with Crippen LogP contribution in [0.1, 0.15) is 26.7 Å². The molecule has 1 unspecified atom stereocenters. The summed E-state index contributed by atoms with van der Waals surface area (Å²) in [5.74, 6) is 0.300. The van der Waals surface area contributed by atoms with E-state index in [1.54, 1.807) is 38.3 Å². The Labute approximate surface area is 176 Å². The van der Waals surface area contributed by atoms with Crippen molar-refractivity contribution in [3.63, 3.8) is 0 Å². The monoisotopic (exact) mass is 449 g/mol. The number of thiocarbonyl (C=S) groups is 1. The summed E-state index contributed by atoms with van der Waals surface area (Å²) in [6, 6.07) is 6.74. The van der Waals surface area contributed by atoms with Crippen LogP contribution in [0.4, 0.5) is 5.69 Å². The average Bonchev–Trinajstić information content (AvgIpc) is 2.63. The molecule has 0 N–H and O–H groups in total. The van der Waals surface area contributed by atoms with Crippen molar-refractivity contribution >= 4 is 50.0 Å². The Kier molecular flexibility index (Phi) is 10.6. The SMILES string of the molecule is CCOC(=O)CCC(CN(c1ccc(OC)cc1)S(C)(=O)=O)SC(=S)OCC. The molecule has 0 aliphatic heterocycles. The van der Waals surface area contributed by atoms with E-state index < -0.39 is 10.0 Å². The van der Waals surface area contributed by atoms with Crippen LogP contribution in [-0.4, -0.2) is 57.1 Å². The Morgan fingerprint density at radius 2 is 1.79 bits per heavy atom. The number of carbonyl (C=O) groups excluding carboxylic acids is 1. The molecule has 0 saturated carbocycles. The van der Waals surface area contributed by atoms with Crippen molar-refractivity contribution in [1.82, 2.24) is 0 Å². The maximum Gasteiger partial charge on any atom is 0.305 e.